The van der Waals surface area contributed by atoms with Crippen molar-refractivity contribution in [3.8, 4) is 0 Å². The van der Waals surface area contributed by atoms with Gasteiger partial charge in [-0.25, -0.2) is 0 Å². The van der Waals surface area contributed by atoms with Gasteiger partial charge in [0.15, 0.2) is 5.11 Å². The van der Waals surface area contributed by atoms with Crippen molar-refractivity contribution in [1.29, 1.82) is 0 Å². The Morgan fingerprint density at radius 3 is 2.71 bits per heavy atom. The topological polar surface area (TPSA) is 58.4 Å². The quantitative estimate of drug-likeness (QED) is 0.650. The third-order valence-corrected chi connectivity index (χ3v) is 3.69. The molecule has 0 aliphatic heterocycles. The Labute approximate surface area is 111 Å². The van der Waals surface area contributed by atoms with Crippen LogP contribution in [0, 0.1) is 6.92 Å². The van der Waals surface area contributed by atoms with Gasteiger partial charge in [0.2, 0.25) is 0 Å². The lowest BCUT2D eigenvalue weighted by atomic mass is 10.1. The second-order valence-electron chi connectivity index (χ2n) is 3.56. The van der Waals surface area contributed by atoms with Crippen LogP contribution in [-0.2, 0) is 6.42 Å². The van der Waals surface area contributed by atoms with Crippen LogP contribution in [0.4, 0.5) is 0 Å². The largest absolute Gasteiger partial charge is 0.375 e. The van der Waals surface area contributed by atoms with E-state index in [4.69, 9.17) is 18.0 Å². The van der Waals surface area contributed by atoms with E-state index in [0.717, 1.165) is 12.0 Å². The second kappa shape index (κ2) is 5.97. The fourth-order valence-corrected chi connectivity index (χ4v) is 2.70. The summed E-state index contributed by atoms with van der Waals surface area (Å²) in [5.41, 5.74) is 10.0. The van der Waals surface area contributed by atoms with Crippen LogP contribution >= 0.6 is 23.6 Å². The van der Waals surface area contributed by atoms with Gasteiger partial charge in [0.1, 0.15) is 0 Å². The van der Waals surface area contributed by atoms with E-state index in [9.17, 15) is 4.79 Å². The van der Waals surface area contributed by atoms with Crippen molar-refractivity contribution in [2.45, 2.75) is 27.2 Å². The maximum absolute atomic E-state index is 12.1. The van der Waals surface area contributed by atoms with Gasteiger partial charge < -0.3 is 5.73 Å². The second-order valence-corrected chi connectivity index (χ2v) is 5.06. The molecule has 0 fully saturated rings. The van der Waals surface area contributed by atoms with Gasteiger partial charge in [-0.05, 0) is 38.0 Å². The molecular weight excluding hydrogens is 254 g/mol. The van der Waals surface area contributed by atoms with Crippen molar-refractivity contribution in [2.24, 2.45) is 5.73 Å². The summed E-state index contributed by atoms with van der Waals surface area (Å²) >= 11 is 6.43. The molecule has 0 bridgehead atoms. The first kappa shape index (κ1) is 13.9. The number of hydrogen-bond donors (Lipinski definition) is 2. The SMILES string of the molecule is CCc1c(C(=O)NN(CC)C(N)=S)csc1C. The molecule has 1 aromatic heterocycles. The molecule has 6 heteroatoms. The van der Waals surface area contributed by atoms with E-state index in [1.54, 1.807) is 11.3 Å². The average Bonchev–Trinajstić information content (AvgIpc) is 2.66. The smallest absolute Gasteiger partial charge is 0.270 e. The Balaban J connectivity index is 2.86. The van der Waals surface area contributed by atoms with E-state index in [-0.39, 0.29) is 11.0 Å². The number of nitrogens with one attached hydrogen (secondary N) is 1. The number of rotatable bonds is 3. The van der Waals surface area contributed by atoms with E-state index in [1.807, 2.05) is 26.2 Å². The van der Waals surface area contributed by atoms with Crippen LogP contribution in [0.1, 0.15) is 34.6 Å². The van der Waals surface area contributed by atoms with E-state index < -0.39 is 0 Å². The van der Waals surface area contributed by atoms with Crippen LogP contribution in [0.2, 0.25) is 0 Å². The third-order valence-electron chi connectivity index (χ3n) is 2.52. The number of thiophene rings is 1. The number of amides is 1. The van der Waals surface area contributed by atoms with Crippen LogP contribution in [0.25, 0.3) is 0 Å². The van der Waals surface area contributed by atoms with Crippen molar-refractivity contribution in [1.82, 2.24) is 10.4 Å². The first-order chi connectivity index (χ1) is 8.01. The standard InChI is InChI=1S/C11H17N3OS2/c1-4-8-7(3)17-6-9(8)10(15)13-14(5-2)11(12)16/h6H,4-5H2,1-3H3,(H2,12,16)(H,13,15). The van der Waals surface area contributed by atoms with Gasteiger partial charge in [0.25, 0.3) is 5.91 Å². The molecule has 3 N–H and O–H groups in total. The van der Waals surface area contributed by atoms with Gasteiger partial charge >= 0.3 is 0 Å². The fraction of sp³-hybridized carbons (Fsp3) is 0.455. The molecule has 17 heavy (non-hydrogen) atoms. The zero-order valence-electron chi connectivity index (χ0n) is 10.2. The summed E-state index contributed by atoms with van der Waals surface area (Å²) in [6.45, 7) is 6.48. The van der Waals surface area contributed by atoms with Gasteiger partial charge in [-0.15, -0.1) is 11.3 Å². The lowest BCUT2D eigenvalue weighted by Crippen LogP contribution is -2.48. The van der Waals surface area contributed by atoms with Crippen molar-refractivity contribution in [2.75, 3.05) is 6.54 Å². The number of carbonyl (C=O) groups excluding carboxylic acids is 1. The summed E-state index contributed by atoms with van der Waals surface area (Å²) in [5, 5.41) is 3.51. The van der Waals surface area contributed by atoms with E-state index in [1.165, 1.54) is 9.89 Å². The van der Waals surface area contributed by atoms with Crippen molar-refractivity contribution in [3.05, 3.63) is 21.4 Å². The van der Waals surface area contributed by atoms with Crippen molar-refractivity contribution < 1.29 is 4.79 Å². The summed E-state index contributed by atoms with van der Waals surface area (Å²) in [6.07, 6.45) is 0.845. The number of hydrogen-bond acceptors (Lipinski definition) is 3. The van der Waals surface area contributed by atoms with Crippen LogP contribution in [0.15, 0.2) is 5.38 Å². The molecule has 0 aliphatic carbocycles. The maximum atomic E-state index is 12.1. The first-order valence-corrected chi connectivity index (χ1v) is 6.74. The zero-order valence-corrected chi connectivity index (χ0v) is 11.9. The summed E-state index contributed by atoms with van der Waals surface area (Å²) < 4.78 is 0. The predicted octanol–water partition coefficient (Wildman–Crippen LogP) is 1.83. The lowest BCUT2D eigenvalue weighted by molar-refractivity contribution is 0.0874. The molecule has 1 amide bonds. The molecular formula is C11H17N3OS2. The highest BCUT2D eigenvalue weighted by atomic mass is 32.1. The lowest BCUT2D eigenvalue weighted by Gasteiger charge is -2.21. The number of hydrazine groups is 1. The number of aryl methyl sites for hydroxylation is 1. The highest BCUT2D eigenvalue weighted by Gasteiger charge is 2.16. The van der Waals surface area contributed by atoms with Crippen LogP contribution in [-0.4, -0.2) is 22.6 Å². The normalized spacial score (nSPS) is 10.1. The van der Waals surface area contributed by atoms with Gasteiger partial charge in [0, 0.05) is 16.8 Å². The van der Waals surface area contributed by atoms with Crippen LogP contribution < -0.4 is 11.2 Å². The Morgan fingerprint density at radius 1 is 1.59 bits per heavy atom. The molecule has 0 saturated heterocycles. The predicted molar refractivity (Wildman–Crippen MR) is 75.1 cm³/mol. The van der Waals surface area contributed by atoms with Crippen molar-refractivity contribution >= 4 is 34.6 Å². The maximum Gasteiger partial charge on any atom is 0.270 e. The highest BCUT2D eigenvalue weighted by Crippen LogP contribution is 2.22. The first-order valence-electron chi connectivity index (χ1n) is 5.46. The zero-order chi connectivity index (χ0) is 13.0. The number of thiocarbonyl (C=S) groups is 1. The Kier molecular flexibility index (Phi) is 4.89. The summed E-state index contributed by atoms with van der Waals surface area (Å²) in [4.78, 5) is 13.2. The highest BCUT2D eigenvalue weighted by molar-refractivity contribution is 7.80. The van der Waals surface area contributed by atoms with Crippen LogP contribution in [0.3, 0.4) is 0 Å². The van der Waals surface area contributed by atoms with Gasteiger partial charge in [-0.2, -0.15) is 0 Å². The Hall–Kier alpha value is -1.14. The number of nitrogens with two attached hydrogens (primary N) is 1. The fourth-order valence-electron chi connectivity index (χ4n) is 1.58. The molecule has 0 aliphatic rings. The minimum absolute atomic E-state index is 0.152. The molecule has 1 aromatic rings. The summed E-state index contributed by atoms with van der Waals surface area (Å²) in [6, 6.07) is 0. The minimum Gasteiger partial charge on any atom is -0.375 e. The third kappa shape index (κ3) is 3.17. The number of carbonyl (C=O) groups is 1. The van der Waals surface area contributed by atoms with E-state index >= 15 is 0 Å². The molecule has 0 spiro atoms. The van der Waals surface area contributed by atoms with Gasteiger partial charge in [0.05, 0.1) is 5.56 Å². The van der Waals surface area contributed by atoms with E-state index in [2.05, 4.69) is 5.43 Å². The summed E-state index contributed by atoms with van der Waals surface area (Å²) in [5.74, 6) is -0.152. The molecule has 94 valence electrons. The number of nitrogens with zero attached hydrogens (tertiary/aromatic N) is 1. The van der Waals surface area contributed by atoms with Gasteiger partial charge in [-0.3, -0.25) is 15.2 Å². The molecule has 0 saturated carbocycles. The molecule has 0 atom stereocenters. The van der Waals surface area contributed by atoms with Gasteiger partial charge in [-0.1, -0.05) is 6.92 Å². The average molecular weight is 271 g/mol. The molecule has 1 heterocycles. The summed E-state index contributed by atoms with van der Waals surface area (Å²) in [7, 11) is 0. The minimum atomic E-state index is -0.152. The van der Waals surface area contributed by atoms with Crippen LogP contribution in [0.5, 0.6) is 0 Å². The molecule has 0 unspecified atom stereocenters. The Bertz CT molecular complexity index is 428. The van der Waals surface area contributed by atoms with Crippen molar-refractivity contribution in [3.63, 3.8) is 0 Å². The Morgan fingerprint density at radius 2 is 2.24 bits per heavy atom. The monoisotopic (exact) mass is 271 g/mol. The molecule has 4 nitrogen and oxygen atoms in total. The molecule has 0 radical (unpaired) electrons. The van der Waals surface area contributed by atoms with E-state index in [0.29, 0.717) is 12.1 Å². The molecule has 0 aromatic carbocycles. The molecule has 1 rings (SSSR count).